The second-order valence-electron chi connectivity index (χ2n) is 4.48. The minimum Gasteiger partial charge on any atom is -0.497 e. The Morgan fingerprint density at radius 2 is 2.17 bits per heavy atom. The van der Waals surface area contributed by atoms with Crippen molar-refractivity contribution in [2.75, 3.05) is 32.2 Å². The lowest BCUT2D eigenvalue weighted by molar-refractivity contribution is 0.394. The number of methoxy groups -OCH3 is 2. The predicted octanol–water partition coefficient (Wildman–Crippen LogP) is 1.13. The lowest BCUT2D eigenvalue weighted by Gasteiger charge is -2.22. The molecule has 18 heavy (non-hydrogen) atoms. The van der Waals surface area contributed by atoms with Crippen LogP contribution in [0.25, 0.3) is 0 Å². The van der Waals surface area contributed by atoms with Crippen LogP contribution in [-0.4, -0.2) is 32.8 Å². The van der Waals surface area contributed by atoms with Gasteiger partial charge in [-0.05, 0) is 18.6 Å². The molecule has 0 aliphatic carbocycles. The summed E-state index contributed by atoms with van der Waals surface area (Å²) in [5.74, 6) is 1.48. The van der Waals surface area contributed by atoms with Gasteiger partial charge in [-0.3, -0.25) is 0 Å². The number of hydrogen-bond donors (Lipinski definition) is 1. The van der Waals surface area contributed by atoms with E-state index in [-0.39, 0.29) is 0 Å². The Hall–Kier alpha value is -1.93. The van der Waals surface area contributed by atoms with Crippen LogP contribution in [0.4, 0.5) is 5.69 Å². The average molecular weight is 247 g/mol. The fraction of sp³-hybridized carbons (Fsp3) is 0.462. The smallest absolute Gasteiger partial charge is 0.145 e. The highest BCUT2D eigenvalue weighted by atomic mass is 16.5. The average Bonchev–Trinajstić information content (AvgIpc) is 2.81. The van der Waals surface area contributed by atoms with E-state index in [9.17, 15) is 0 Å². The van der Waals surface area contributed by atoms with Gasteiger partial charge in [0.1, 0.15) is 17.0 Å². The Labute approximate surface area is 107 Å². The summed E-state index contributed by atoms with van der Waals surface area (Å²) >= 11 is 0. The normalized spacial score (nSPS) is 22.7. The second-order valence-corrected chi connectivity index (χ2v) is 4.48. The monoisotopic (exact) mass is 247 g/mol. The maximum Gasteiger partial charge on any atom is 0.145 e. The zero-order valence-corrected chi connectivity index (χ0v) is 10.6. The highest BCUT2D eigenvalue weighted by Gasteiger charge is 2.35. The molecule has 0 aromatic heterocycles. The number of rotatable bonds is 3. The molecule has 0 radical (unpaired) electrons. The van der Waals surface area contributed by atoms with Crippen molar-refractivity contribution in [3.05, 3.63) is 18.2 Å². The van der Waals surface area contributed by atoms with Gasteiger partial charge in [0.05, 0.1) is 26.0 Å². The summed E-state index contributed by atoms with van der Waals surface area (Å²) in [7, 11) is 3.24. The number of benzene rings is 1. The van der Waals surface area contributed by atoms with E-state index >= 15 is 0 Å². The van der Waals surface area contributed by atoms with Gasteiger partial charge in [-0.15, -0.1) is 0 Å². The van der Waals surface area contributed by atoms with Crippen LogP contribution in [0.15, 0.2) is 18.2 Å². The van der Waals surface area contributed by atoms with Crippen molar-refractivity contribution in [3.8, 4) is 17.6 Å². The van der Waals surface area contributed by atoms with Crippen LogP contribution in [-0.2, 0) is 0 Å². The van der Waals surface area contributed by atoms with Crippen LogP contribution in [0.1, 0.15) is 6.42 Å². The van der Waals surface area contributed by atoms with Crippen LogP contribution >= 0.6 is 0 Å². The first-order valence-electron chi connectivity index (χ1n) is 5.79. The minimum absolute atomic E-state index is 0.520. The van der Waals surface area contributed by atoms with Crippen molar-refractivity contribution in [1.29, 1.82) is 5.26 Å². The maximum absolute atomic E-state index is 9.05. The molecule has 1 aromatic carbocycles. The topological polar surface area (TPSA) is 71.5 Å². The van der Waals surface area contributed by atoms with Gasteiger partial charge in [0.25, 0.3) is 0 Å². The van der Waals surface area contributed by atoms with Crippen LogP contribution in [0.3, 0.4) is 0 Å². The quantitative estimate of drug-likeness (QED) is 0.867. The molecule has 0 amide bonds. The Bertz CT molecular complexity index is 484. The fourth-order valence-electron chi connectivity index (χ4n) is 2.18. The molecule has 96 valence electrons. The zero-order valence-electron chi connectivity index (χ0n) is 10.6. The van der Waals surface area contributed by atoms with Crippen molar-refractivity contribution in [3.63, 3.8) is 0 Å². The third-order valence-electron chi connectivity index (χ3n) is 3.25. The molecule has 1 heterocycles. The van der Waals surface area contributed by atoms with Gasteiger partial charge in [0, 0.05) is 19.2 Å². The van der Waals surface area contributed by atoms with Gasteiger partial charge in [-0.2, -0.15) is 5.26 Å². The van der Waals surface area contributed by atoms with Crippen LogP contribution < -0.4 is 20.1 Å². The zero-order chi connectivity index (χ0) is 13.2. The van der Waals surface area contributed by atoms with Crippen molar-refractivity contribution in [2.24, 2.45) is 5.73 Å². The van der Waals surface area contributed by atoms with Crippen LogP contribution in [0.2, 0.25) is 0 Å². The van der Waals surface area contributed by atoms with Crippen LogP contribution in [0.5, 0.6) is 11.5 Å². The molecule has 5 heteroatoms. The predicted molar refractivity (Wildman–Crippen MR) is 68.9 cm³/mol. The SMILES string of the molecule is COc1ccc(N2CCC(N)(C#N)C2)c(OC)c1. The molecule has 5 nitrogen and oxygen atoms in total. The van der Waals surface area contributed by atoms with Crippen molar-refractivity contribution >= 4 is 5.69 Å². The van der Waals surface area contributed by atoms with Crippen molar-refractivity contribution in [1.82, 2.24) is 0 Å². The summed E-state index contributed by atoms with van der Waals surface area (Å²) in [4.78, 5) is 2.07. The number of anilines is 1. The van der Waals surface area contributed by atoms with Gasteiger partial charge in [0.15, 0.2) is 0 Å². The lowest BCUT2D eigenvalue weighted by Crippen LogP contribution is -2.41. The van der Waals surface area contributed by atoms with E-state index in [1.807, 2.05) is 18.2 Å². The highest BCUT2D eigenvalue weighted by molar-refractivity contribution is 5.62. The molecule has 1 aliphatic heterocycles. The molecule has 1 saturated heterocycles. The molecule has 0 saturated carbocycles. The van der Waals surface area contributed by atoms with Gasteiger partial charge in [-0.25, -0.2) is 0 Å². The standard InChI is InChI=1S/C13H17N3O2/c1-17-10-3-4-11(12(7-10)18-2)16-6-5-13(15,8-14)9-16/h3-4,7H,5-6,9,15H2,1-2H3. The number of nitrogens with zero attached hydrogens (tertiary/aromatic N) is 2. The fourth-order valence-corrected chi connectivity index (χ4v) is 2.18. The number of ether oxygens (including phenoxy) is 2. The number of hydrogen-bond acceptors (Lipinski definition) is 5. The first-order chi connectivity index (χ1) is 8.61. The Morgan fingerprint density at radius 3 is 2.72 bits per heavy atom. The largest absolute Gasteiger partial charge is 0.497 e. The first kappa shape index (κ1) is 12.5. The van der Waals surface area contributed by atoms with Crippen molar-refractivity contribution < 1.29 is 9.47 Å². The molecule has 2 N–H and O–H groups in total. The van der Waals surface area contributed by atoms with Crippen LogP contribution in [0, 0.1) is 11.3 Å². The van der Waals surface area contributed by atoms with E-state index in [2.05, 4.69) is 11.0 Å². The molecule has 1 aromatic rings. The molecule has 1 aliphatic rings. The minimum atomic E-state index is -0.759. The highest BCUT2D eigenvalue weighted by Crippen LogP contribution is 2.35. The molecule has 0 spiro atoms. The summed E-state index contributed by atoms with van der Waals surface area (Å²) < 4.78 is 10.5. The molecule has 0 bridgehead atoms. The maximum atomic E-state index is 9.05. The van der Waals surface area contributed by atoms with E-state index in [0.717, 1.165) is 23.7 Å². The molecular formula is C13H17N3O2. The Kier molecular flexibility index (Phi) is 3.30. The molecular weight excluding hydrogens is 230 g/mol. The molecule has 1 atom stereocenters. The van der Waals surface area contributed by atoms with Gasteiger partial charge >= 0.3 is 0 Å². The molecule has 1 fully saturated rings. The summed E-state index contributed by atoms with van der Waals surface area (Å²) in [5, 5.41) is 9.05. The van der Waals surface area contributed by atoms with Crippen molar-refractivity contribution in [2.45, 2.75) is 12.0 Å². The van der Waals surface area contributed by atoms with E-state index in [1.54, 1.807) is 14.2 Å². The van der Waals surface area contributed by atoms with Gasteiger partial charge < -0.3 is 20.1 Å². The van der Waals surface area contributed by atoms with Gasteiger partial charge in [0.2, 0.25) is 0 Å². The van der Waals surface area contributed by atoms with E-state index in [1.165, 1.54) is 0 Å². The summed E-state index contributed by atoms with van der Waals surface area (Å²) in [5.41, 5.74) is 6.15. The third kappa shape index (κ3) is 2.20. The summed E-state index contributed by atoms with van der Waals surface area (Å²) in [6.07, 6.45) is 0.665. The van der Waals surface area contributed by atoms with E-state index in [4.69, 9.17) is 20.5 Å². The second kappa shape index (κ2) is 4.75. The molecule has 2 rings (SSSR count). The van der Waals surface area contributed by atoms with E-state index < -0.39 is 5.54 Å². The number of nitriles is 1. The summed E-state index contributed by atoms with van der Waals surface area (Å²) in [6.45, 7) is 1.28. The van der Waals surface area contributed by atoms with Gasteiger partial charge in [-0.1, -0.05) is 0 Å². The Morgan fingerprint density at radius 1 is 1.39 bits per heavy atom. The lowest BCUT2D eigenvalue weighted by atomic mass is 10.0. The third-order valence-corrected chi connectivity index (χ3v) is 3.25. The Balaban J connectivity index is 2.27. The van der Waals surface area contributed by atoms with E-state index in [0.29, 0.717) is 13.0 Å². The number of nitrogens with two attached hydrogens (primary N) is 1. The first-order valence-corrected chi connectivity index (χ1v) is 5.79. The molecule has 1 unspecified atom stereocenters. The summed E-state index contributed by atoms with van der Waals surface area (Å²) in [6, 6.07) is 7.81.